The Morgan fingerprint density at radius 2 is 1.93 bits per heavy atom. The summed E-state index contributed by atoms with van der Waals surface area (Å²) in [7, 11) is -3.58. The zero-order chi connectivity index (χ0) is 19.7. The number of halogens is 1. The van der Waals surface area contributed by atoms with Crippen LogP contribution in [-0.2, 0) is 14.8 Å². The van der Waals surface area contributed by atoms with Crippen LogP contribution in [0.25, 0.3) is 10.2 Å². The van der Waals surface area contributed by atoms with Crippen LogP contribution in [0.4, 0.5) is 5.13 Å². The summed E-state index contributed by atoms with van der Waals surface area (Å²) >= 11 is 4.59. The molecule has 10 heteroatoms. The summed E-state index contributed by atoms with van der Waals surface area (Å²) in [5.74, 6) is -0.285. The monoisotopic (exact) mass is 481 g/mol. The molecule has 1 aliphatic heterocycles. The summed E-state index contributed by atoms with van der Waals surface area (Å²) in [6, 6.07) is 11.9. The molecular weight excluding hydrogens is 466 g/mol. The van der Waals surface area contributed by atoms with Crippen LogP contribution in [0.2, 0.25) is 0 Å². The molecule has 1 saturated heterocycles. The van der Waals surface area contributed by atoms with Crippen molar-refractivity contribution >= 4 is 58.5 Å². The number of hydrogen-bond donors (Lipinski definition) is 1. The number of thiazole rings is 1. The number of aromatic nitrogens is 1. The van der Waals surface area contributed by atoms with E-state index < -0.39 is 10.0 Å². The largest absolute Gasteiger partial charge is 0.379 e. The highest BCUT2D eigenvalue weighted by atomic mass is 79.9. The van der Waals surface area contributed by atoms with Crippen LogP contribution < -0.4 is 5.32 Å². The minimum Gasteiger partial charge on any atom is -0.379 e. The third-order valence-corrected chi connectivity index (χ3v) is 7.83. The number of morpholine rings is 1. The molecule has 0 unspecified atom stereocenters. The number of amides is 1. The molecule has 7 nitrogen and oxygen atoms in total. The van der Waals surface area contributed by atoms with Crippen molar-refractivity contribution in [1.29, 1.82) is 0 Å². The number of carbonyl (C=O) groups is 1. The molecule has 4 rings (SSSR count). The summed E-state index contributed by atoms with van der Waals surface area (Å²) in [6.07, 6.45) is 0. The summed E-state index contributed by atoms with van der Waals surface area (Å²) < 4.78 is 33.7. The minimum atomic E-state index is -3.58. The highest BCUT2D eigenvalue weighted by Gasteiger charge is 2.26. The predicted octanol–water partition coefficient (Wildman–Crippen LogP) is 3.33. The van der Waals surface area contributed by atoms with Gasteiger partial charge in [0.25, 0.3) is 5.91 Å². The van der Waals surface area contributed by atoms with E-state index >= 15 is 0 Å². The first-order valence-corrected chi connectivity index (χ1v) is 11.5. The van der Waals surface area contributed by atoms with Crippen molar-refractivity contribution < 1.29 is 17.9 Å². The van der Waals surface area contributed by atoms with Crippen molar-refractivity contribution in [2.75, 3.05) is 31.6 Å². The van der Waals surface area contributed by atoms with E-state index in [0.29, 0.717) is 51.7 Å². The zero-order valence-electron chi connectivity index (χ0n) is 14.6. The second kappa shape index (κ2) is 7.88. The molecule has 0 spiro atoms. The lowest BCUT2D eigenvalue weighted by Crippen LogP contribution is -2.40. The molecule has 0 aliphatic carbocycles. The molecule has 1 aromatic heterocycles. The normalized spacial score (nSPS) is 15.6. The lowest BCUT2D eigenvalue weighted by atomic mass is 10.2. The quantitative estimate of drug-likeness (QED) is 0.617. The number of nitrogens with one attached hydrogen (secondary N) is 1. The number of rotatable bonds is 4. The highest BCUT2D eigenvalue weighted by Crippen LogP contribution is 2.30. The Morgan fingerprint density at radius 3 is 2.68 bits per heavy atom. The van der Waals surface area contributed by atoms with Gasteiger partial charge in [0, 0.05) is 17.6 Å². The van der Waals surface area contributed by atoms with Gasteiger partial charge in [-0.25, -0.2) is 13.4 Å². The smallest absolute Gasteiger partial charge is 0.258 e. The average molecular weight is 482 g/mol. The first kappa shape index (κ1) is 19.5. The summed E-state index contributed by atoms with van der Waals surface area (Å²) in [6.45, 7) is 1.48. The minimum absolute atomic E-state index is 0.217. The number of fused-ring (bicyclic) bond motifs is 1. The maximum atomic E-state index is 12.8. The van der Waals surface area contributed by atoms with Crippen molar-refractivity contribution in [3.8, 4) is 0 Å². The molecule has 0 bridgehead atoms. The fraction of sp³-hybridized carbons (Fsp3) is 0.222. The maximum Gasteiger partial charge on any atom is 0.258 e. The number of nitrogens with zero attached hydrogens (tertiary/aromatic N) is 2. The Balaban J connectivity index is 1.60. The van der Waals surface area contributed by atoms with E-state index in [2.05, 4.69) is 26.2 Å². The molecule has 146 valence electrons. The van der Waals surface area contributed by atoms with Crippen LogP contribution in [0.1, 0.15) is 10.4 Å². The van der Waals surface area contributed by atoms with Gasteiger partial charge in [-0.1, -0.05) is 23.5 Å². The predicted molar refractivity (Wildman–Crippen MR) is 111 cm³/mol. The number of benzene rings is 2. The number of sulfonamides is 1. The van der Waals surface area contributed by atoms with Crippen LogP contribution in [0.3, 0.4) is 0 Å². The van der Waals surface area contributed by atoms with Gasteiger partial charge in [-0.3, -0.25) is 10.1 Å². The molecule has 2 aromatic carbocycles. The number of hydrogen-bond acceptors (Lipinski definition) is 6. The van der Waals surface area contributed by atoms with Crippen LogP contribution in [0.5, 0.6) is 0 Å². The summed E-state index contributed by atoms with van der Waals surface area (Å²) in [4.78, 5) is 17.1. The maximum absolute atomic E-state index is 12.8. The molecule has 2 heterocycles. The van der Waals surface area contributed by atoms with Crippen molar-refractivity contribution in [1.82, 2.24) is 9.29 Å². The van der Waals surface area contributed by atoms with Crippen LogP contribution in [-0.4, -0.2) is 49.9 Å². The molecule has 0 radical (unpaired) electrons. The fourth-order valence-corrected chi connectivity index (χ4v) is 5.74. The zero-order valence-corrected chi connectivity index (χ0v) is 17.8. The molecule has 0 atom stereocenters. The average Bonchev–Trinajstić information content (AvgIpc) is 3.10. The first-order chi connectivity index (χ1) is 13.4. The van der Waals surface area contributed by atoms with Crippen LogP contribution in [0, 0.1) is 0 Å². The van der Waals surface area contributed by atoms with Crippen molar-refractivity contribution in [2.45, 2.75) is 4.90 Å². The molecule has 28 heavy (non-hydrogen) atoms. The van der Waals surface area contributed by atoms with Gasteiger partial charge in [-0.05, 0) is 46.3 Å². The molecule has 1 N–H and O–H groups in total. The van der Waals surface area contributed by atoms with Gasteiger partial charge in [0.15, 0.2) is 5.13 Å². The van der Waals surface area contributed by atoms with Crippen LogP contribution in [0.15, 0.2) is 51.8 Å². The molecule has 1 fully saturated rings. The van der Waals surface area contributed by atoms with Crippen molar-refractivity contribution in [3.63, 3.8) is 0 Å². The van der Waals surface area contributed by atoms with Crippen molar-refractivity contribution in [2.24, 2.45) is 0 Å². The van der Waals surface area contributed by atoms with E-state index in [-0.39, 0.29) is 10.8 Å². The number of ether oxygens (including phenoxy) is 1. The molecule has 3 aromatic rings. The number of carbonyl (C=O) groups excluding carboxylic acids is 1. The molecular formula is C18H16BrN3O4S2. The van der Waals surface area contributed by atoms with Gasteiger partial charge in [0.2, 0.25) is 10.0 Å². The third-order valence-electron chi connectivity index (χ3n) is 4.31. The van der Waals surface area contributed by atoms with Gasteiger partial charge in [-0.2, -0.15) is 4.31 Å². The van der Waals surface area contributed by atoms with E-state index in [9.17, 15) is 13.2 Å². The van der Waals surface area contributed by atoms with E-state index in [0.717, 1.165) is 0 Å². The van der Waals surface area contributed by atoms with Gasteiger partial charge < -0.3 is 4.74 Å². The second-order valence-corrected chi connectivity index (χ2v) is 9.92. The Morgan fingerprint density at radius 1 is 1.18 bits per heavy atom. The molecule has 1 amide bonds. The molecule has 0 saturated carbocycles. The fourth-order valence-electron chi connectivity index (χ4n) is 2.86. The van der Waals surface area contributed by atoms with E-state index in [4.69, 9.17) is 4.74 Å². The second-order valence-electron chi connectivity index (χ2n) is 6.10. The lowest BCUT2D eigenvalue weighted by Gasteiger charge is -2.25. The lowest BCUT2D eigenvalue weighted by molar-refractivity contribution is 0.0730. The summed E-state index contributed by atoms with van der Waals surface area (Å²) in [5.41, 5.74) is 1.13. The summed E-state index contributed by atoms with van der Waals surface area (Å²) in [5, 5.41) is 3.19. The molecule has 1 aliphatic rings. The topological polar surface area (TPSA) is 88.6 Å². The van der Waals surface area contributed by atoms with E-state index in [1.165, 1.54) is 15.6 Å². The van der Waals surface area contributed by atoms with Crippen LogP contribution >= 0.6 is 27.3 Å². The first-order valence-electron chi connectivity index (χ1n) is 8.49. The van der Waals surface area contributed by atoms with Crippen molar-refractivity contribution in [3.05, 3.63) is 52.5 Å². The third kappa shape index (κ3) is 3.83. The Hall–Kier alpha value is -1.85. The van der Waals surface area contributed by atoms with Gasteiger partial charge in [-0.15, -0.1) is 0 Å². The van der Waals surface area contributed by atoms with Gasteiger partial charge in [0.05, 0.1) is 33.9 Å². The Kier molecular flexibility index (Phi) is 5.48. The Bertz CT molecular complexity index is 1140. The van der Waals surface area contributed by atoms with E-state index in [1.807, 2.05) is 6.07 Å². The van der Waals surface area contributed by atoms with E-state index in [1.54, 1.807) is 36.4 Å². The standard InChI is InChI=1S/C18H16BrN3O4S2/c19-14-4-2-1-3-13(14)17(23)21-18-20-15-6-5-12(11-16(15)27-18)28(24,25)22-7-9-26-10-8-22/h1-6,11H,7-10H2,(H,20,21,23). The SMILES string of the molecule is O=C(Nc1nc2ccc(S(=O)(=O)N3CCOCC3)cc2s1)c1ccccc1Br. The highest BCUT2D eigenvalue weighted by molar-refractivity contribution is 9.10. The number of anilines is 1. The van der Waals surface area contributed by atoms with Gasteiger partial charge in [0.1, 0.15) is 0 Å². The van der Waals surface area contributed by atoms with Gasteiger partial charge >= 0.3 is 0 Å². The Labute approximate surface area is 174 Å².